The standard InChI is InChI=1S/C19H21NO7/c21-14-13(15(22)17(24)18(25)16(14)23)20-19(26)10-5-4-8-12(9-10)27-11-6-2-1-3-7-11/h1-9,13-18,21-25H,(H,20,26)/t13?,14-,15+,16+,17-,18?. The Balaban J connectivity index is 1.73. The number of rotatable bonds is 4. The third kappa shape index (κ3) is 4.10. The van der Waals surface area contributed by atoms with E-state index in [1.807, 2.05) is 18.2 Å². The number of nitrogens with one attached hydrogen (secondary N) is 1. The first-order chi connectivity index (χ1) is 12.9. The minimum Gasteiger partial charge on any atom is -0.457 e. The molecule has 2 aromatic carbocycles. The molecule has 0 saturated heterocycles. The summed E-state index contributed by atoms with van der Waals surface area (Å²) in [6.07, 6.45) is -8.43. The van der Waals surface area contributed by atoms with Crippen LogP contribution < -0.4 is 10.1 Å². The lowest BCUT2D eigenvalue weighted by atomic mass is 9.83. The third-order valence-corrected chi connectivity index (χ3v) is 4.51. The predicted octanol–water partition coefficient (Wildman–Crippen LogP) is -0.605. The highest BCUT2D eigenvalue weighted by atomic mass is 16.5. The Hall–Kier alpha value is -2.49. The van der Waals surface area contributed by atoms with E-state index < -0.39 is 42.5 Å². The molecule has 8 heteroatoms. The smallest absolute Gasteiger partial charge is 0.251 e. The summed E-state index contributed by atoms with van der Waals surface area (Å²) in [4.78, 5) is 12.5. The Morgan fingerprint density at radius 1 is 0.741 bits per heavy atom. The molecule has 1 aliphatic carbocycles. The molecular weight excluding hydrogens is 354 g/mol. The van der Waals surface area contributed by atoms with Gasteiger partial charge in [-0.15, -0.1) is 0 Å². The number of carbonyl (C=O) groups excluding carboxylic acids is 1. The van der Waals surface area contributed by atoms with E-state index in [1.165, 1.54) is 12.1 Å². The number of carbonyl (C=O) groups is 1. The molecule has 1 aliphatic rings. The highest BCUT2D eigenvalue weighted by molar-refractivity contribution is 5.94. The van der Waals surface area contributed by atoms with E-state index >= 15 is 0 Å². The molecule has 144 valence electrons. The first kappa shape index (κ1) is 19.3. The third-order valence-electron chi connectivity index (χ3n) is 4.51. The van der Waals surface area contributed by atoms with Gasteiger partial charge < -0.3 is 35.6 Å². The minimum atomic E-state index is -1.72. The Labute approximate surface area is 155 Å². The zero-order valence-electron chi connectivity index (χ0n) is 14.2. The van der Waals surface area contributed by atoms with Crippen molar-refractivity contribution in [2.24, 2.45) is 0 Å². The Kier molecular flexibility index (Phi) is 5.73. The first-order valence-electron chi connectivity index (χ1n) is 8.42. The van der Waals surface area contributed by atoms with Crippen LogP contribution in [0.1, 0.15) is 10.4 Å². The molecule has 1 amide bonds. The van der Waals surface area contributed by atoms with Crippen LogP contribution in [0.25, 0.3) is 0 Å². The quantitative estimate of drug-likeness (QED) is 0.419. The molecule has 0 radical (unpaired) electrons. The van der Waals surface area contributed by atoms with Crippen molar-refractivity contribution in [3.8, 4) is 11.5 Å². The SMILES string of the molecule is O=C(NC1[C@@H](O)[C@H](O)C(O)[C@H](O)[C@H]1O)c1cccc(Oc2ccccc2)c1. The maximum atomic E-state index is 12.5. The van der Waals surface area contributed by atoms with Crippen LogP contribution in [-0.4, -0.2) is 68.0 Å². The number of para-hydroxylation sites is 1. The van der Waals surface area contributed by atoms with Crippen molar-refractivity contribution in [3.63, 3.8) is 0 Å². The van der Waals surface area contributed by atoms with Crippen LogP contribution in [0.3, 0.4) is 0 Å². The van der Waals surface area contributed by atoms with Gasteiger partial charge in [-0.05, 0) is 30.3 Å². The second-order valence-corrected chi connectivity index (χ2v) is 6.40. The summed E-state index contributed by atoms with van der Waals surface area (Å²) in [6, 6.07) is 13.9. The first-order valence-corrected chi connectivity index (χ1v) is 8.42. The highest BCUT2D eigenvalue weighted by Gasteiger charge is 2.48. The van der Waals surface area contributed by atoms with Crippen LogP contribution in [0.15, 0.2) is 54.6 Å². The van der Waals surface area contributed by atoms with Gasteiger partial charge in [-0.1, -0.05) is 24.3 Å². The van der Waals surface area contributed by atoms with E-state index in [1.54, 1.807) is 24.3 Å². The average molecular weight is 375 g/mol. The Bertz CT molecular complexity index is 769. The van der Waals surface area contributed by atoms with Crippen molar-refractivity contribution in [2.45, 2.75) is 36.6 Å². The van der Waals surface area contributed by atoms with Crippen molar-refractivity contribution in [2.75, 3.05) is 0 Å². The van der Waals surface area contributed by atoms with E-state index in [-0.39, 0.29) is 5.56 Å². The number of aliphatic hydroxyl groups is 5. The summed E-state index contributed by atoms with van der Waals surface area (Å²) in [5.74, 6) is 0.356. The van der Waals surface area contributed by atoms with Gasteiger partial charge in [0, 0.05) is 5.56 Å². The van der Waals surface area contributed by atoms with Crippen LogP contribution in [-0.2, 0) is 0 Å². The molecule has 2 aromatic rings. The summed E-state index contributed by atoms with van der Waals surface area (Å²) in [7, 11) is 0. The largest absolute Gasteiger partial charge is 0.457 e. The maximum Gasteiger partial charge on any atom is 0.251 e. The van der Waals surface area contributed by atoms with Crippen molar-refractivity contribution < 1.29 is 35.1 Å². The van der Waals surface area contributed by atoms with Gasteiger partial charge in [-0.25, -0.2) is 0 Å². The van der Waals surface area contributed by atoms with Crippen molar-refractivity contribution in [1.29, 1.82) is 0 Å². The zero-order chi connectivity index (χ0) is 19.6. The molecule has 0 aliphatic heterocycles. The van der Waals surface area contributed by atoms with E-state index in [4.69, 9.17) is 4.74 Å². The van der Waals surface area contributed by atoms with Crippen LogP contribution in [0.2, 0.25) is 0 Å². The highest BCUT2D eigenvalue weighted by Crippen LogP contribution is 2.24. The monoisotopic (exact) mass is 375 g/mol. The number of amides is 1. The predicted molar refractivity (Wildman–Crippen MR) is 94.2 cm³/mol. The van der Waals surface area contributed by atoms with Gasteiger partial charge in [-0.2, -0.15) is 0 Å². The maximum absolute atomic E-state index is 12.5. The molecule has 1 saturated carbocycles. The fourth-order valence-electron chi connectivity index (χ4n) is 2.96. The van der Waals surface area contributed by atoms with E-state index in [9.17, 15) is 30.3 Å². The van der Waals surface area contributed by atoms with E-state index in [0.717, 1.165) is 0 Å². The molecular formula is C19H21NO7. The topological polar surface area (TPSA) is 139 Å². The van der Waals surface area contributed by atoms with Crippen LogP contribution in [0.4, 0.5) is 0 Å². The molecule has 0 bridgehead atoms. The lowest BCUT2D eigenvalue weighted by molar-refractivity contribution is -0.188. The summed E-state index contributed by atoms with van der Waals surface area (Å²) < 4.78 is 5.66. The average Bonchev–Trinajstić information content (AvgIpc) is 2.69. The summed E-state index contributed by atoms with van der Waals surface area (Å²) in [6.45, 7) is 0. The van der Waals surface area contributed by atoms with Crippen LogP contribution >= 0.6 is 0 Å². The Morgan fingerprint density at radius 3 is 1.93 bits per heavy atom. The van der Waals surface area contributed by atoms with E-state index in [0.29, 0.717) is 11.5 Å². The second kappa shape index (κ2) is 8.03. The van der Waals surface area contributed by atoms with E-state index in [2.05, 4.69) is 5.32 Å². The van der Waals surface area contributed by atoms with Crippen molar-refractivity contribution in [1.82, 2.24) is 5.32 Å². The van der Waals surface area contributed by atoms with Gasteiger partial charge in [0.1, 0.15) is 42.0 Å². The molecule has 0 spiro atoms. The fourth-order valence-corrected chi connectivity index (χ4v) is 2.96. The van der Waals surface area contributed by atoms with Gasteiger partial charge >= 0.3 is 0 Å². The summed E-state index contributed by atoms with van der Waals surface area (Å²) in [5, 5.41) is 51.5. The molecule has 6 atom stereocenters. The zero-order valence-corrected chi connectivity index (χ0v) is 14.2. The normalized spacial score (nSPS) is 30.6. The summed E-state index contributed by atoms with van der Waals surface area (Å²) >= 11 is 0. The van der Waals surface area contributed by atoms with Gasteiger partial charge in [0.15, 0.2) is 0 Å². The second-order valence-electron chi connectivity index (χ2n) is 6.40. The van der Waals surface area contributed by atoms with Gasteiger partial charge in [0.25, 0.3) is 5.91 Å². The van der Waals surface area contributed by atoms with Crippen LogP contribution in [0.5, 0.6) is 11.5 Å². The number of benzene rings is 2. The molecule has 0 heterocycles. The van der Waals surface area contributed by atoms with Gasteiger partial charge in [-0.3, -0.25) is 4.79 Å². The molecule has 2 unspecified atom stereocenters. The fraction of sp³-hybridized carbons (Fsp3) is 0.316. The number of aliphatic hydroxyl groups excluding tert-OH is 5. The van der Waals surface area contributed by atoms with Crippen molar-refractivity contribution in [3.05, 3.63) is 60.2 Å². The molecule has 27 heavy (non-hydrogen) atoms. The number of hydrogen-bond donors (Lipinski definition) is 6. The summed E-state index contributed by atoms with van der Waals surface area (Å²) in [5.41, 5.74) is 0.193. The molecule has 0 aromatic heterocycles. The Morgan fingerprint density at radius 2 is 1.30 bits per heavy atom. The van der Waals surface area contributed by atoms with Crippen molar-refractivity contribution >= 4 is 5.91 Å². The van der Waals surface area contributed by atoms with Gasteiger partial charge in [0.05, 0.1) is 6.04 Å². The van der Waals surface area contributed by atoms with Gasteiger partial charge in [0.2, 0.25) is 0 Å². The molecule has 8 nitrogen and oxygen atoms in total. The number of hydrogen-bond acceptors (Lipinski definition) is 7. The minimum absolute atomic E-state index is 0.193. The number of ether oxygens (including phenoxy) is 1. The molecule has 3 rings (SSSR count). The lowest BCUT2D eigenvalue weighted by Crippen LogP contribution is -2.68. The molecule has 1 fully saturated rings. The lowest BCUT2D eigenvalue weighted by Gasteiger charge is -2.42. The molecule has 6 N–H and O–H groups in total. The van der Waals surface area contributed by atoms with Crippen LogP contribution in [0, 0.1) is 0 Å².